The van der Waals surface area contributed by atoms with Gasteiger partial charge in [-0.15, -0.1) is 0 Å². The molecule has 7 heteroatoms. The normalized spacial score (nSPS) is 26.5. The summed E-state index contributed by atoms with van der Waals surface area (Å²) < 4.78 is 19.1. The third-order valence-electron chi connectivity index (χ3n) is 2.98. The Bertz CT molecular complexity index is 351. The molecule has 1 rings (SSSR count). The largest absolute Gasteiger partial charge is 0.469 e. The van der Waals surface area contributed by atoms with Gasteiger partial charge in [0.1, 0.15) is 0 Å². The first-order valence-corrected chi connectivity index (χ1v) is 5.38. The van der Waals surface area contributed by atoms with Gasteiger partial charge in [0.25, 0.3) is 0 Å². The van der Waals surface area contributed by atoms with Crippen molar-refractivity contribution in [3.63, 3.8) is 0 Å². The van der Waals surface area contributed by atoms with Gasteiger partial charge in [-0.3, -0.25) is 9.59 Å². The predicted molar refractivity (Wildman–Crippen MR) is 57.5 cm³/mol. The Morgan fingerprint density at radius 1 is 1.17 bits per heavy atom. The molecule has 0 radical (unpaired) electrons. The fourth-order valence-corrected chi connectivity index (χ4v) is 2.05. The van der Waals surface area contributed by atoms with Crippen molar-refractivity contribution in [3.05, 3.63) is 0 Å². The molecular weight excluding hydrogens is 244 g/mol. The minimum atomic E-state index is -1.64. The minimum Gasteiger partial charge on any atom is -0.469 e. The number of carbonyl (C=O) groups excluding carboxylic acids is 3. The van der Waals surface area contributed by atoms with E-state index < -0.39 is 29.4 Å². The first-order chi connectivity index (χ1) is 8.51. The van der Waals surface area contributed by atoms with Crippen LogP contribution < -0.4 is 0 Å². The van der Waals surface area contributed by atoms with Gasteiger partial charge in [0.2, 0.25) is 0 Å². The number of rotatable bonds is 4. The van der Waals surface area contributed by atoms with Gasteiger partial charge < -0.3 is 18.9 Å². The van der Waals surface area contributed by atoms with Crippen LogP contribution >= 0.6 is 0 Å². The lowest BCUT2D eigenvalue weighted by atomic mass is 9.84. The van der Waals surface area contributed by atoms with E-state index in [9.17, 15) is 14.4 Å². The van der Waals surface area contributed by atoms with Gasteiger partial charge in [0.15, 0.2) is 5.60 Å². The molecule has 2 atom stereocenters. The Labute approximate surface area is 104 Å². The molecule has 18 heavy (non-hydrogen) atoms. The molecule has 0 spiro atoms. The van der Waals surface area contributed by atoms with Crippen molar-refractivity contribution in [2.45, 2.75) is 18.4 Å². The molecule has 0 unspecified atom stereocenters. The molecule has 1 aliphatic heterocycles. The van der Waals surface area contributed by atoms with Gasteiger partial charge in [-0.05, 0) is 6.42 Å². The second-order valence-corrected chi connectivity index (χ2v) is 3.85. The lowest BCUT2D eigenvalue weighted by Crippen LogP contribution is -2.49. The van der Waals surface area contributed by atoms with Crippen molar-refractivity contribution < 1.29 is 33.3 Å². The first kappa shape index (κ1) is 14.4. The maximum Gasteiger partial charge on any atom is 0.339 e. The third kappa shape index (κ3) is 2.45. The summed E-state index contributed by atoms with van der Waals surface area (Å²) in [6.45, 7) is 0.172. The molecule has 1 saturated heterocycles. The summed E-state index contributed by atoms with van der Waals surface area (Å²) in [5.74, 6) is -2.91. The molecule has 0 saturated carbocycles. The average Bonchev–Trinajstić information content (AvgIpc) is 2.81. The van der Waals surface area contributed by atoms with Crippen molar-refractivity contribution >= 4 is 17.9 Å². The van der Waals surface area contributed by atoms with Crippen LogP contribution in [0.1, 0.15) is 12.8 Å². The van der Waals surface area contributed by atoms with Gasteiger partial charge >= 0.3 is 17.9 Å². The lowest BCUT2D eigenvalue weighted by molar-refractivity contribution is -0.180. The van der Waals surface area contributed by atoms with Gasteiger partial charge in [0, 0.05) is 6.61 Å². The third-order valence-corrected chi connectivity index (χ3v) is 2.98. The Kier molecular flexibility index (Phi) is 4.66. The highest BCUT2D eigenvalue weighted by Crippen LogP contribution is 2.37. The summed E-state index contributed by atoms with van der Waals surface area (Å²) in [6.07, 6.45) is -0.0886. The number of methoxy groups -OCH3 is 3. The highest BCUT2D eigenvalue weighted by molar-refractivity contribution is 5.92. The number of carbonyl (C=O) groups is 3. The Morgan fingerprint density at radius 3 is 2.33 bits per heavy atom. The first-order valence-electron chi connectivity index (χ1n) is 5.38. The topological polar surface area (TPSA) is 88.1 Å². The highest BCUT2D eigenvalue weighted by Gasteiger charge is 2.57. The van der Waals surface area contributed by atoms with Gasteiger partial charge in [-0.2, -0.15) is 0 Å². The van der Waals surface area contributed by atoms with E-state index in [1.54, 1.807) is 0 Å². The molecule has 102 valence electrons. The van der Waals surface area contributed by atoms with Crippen LogP contribution in [-0.4, -0.2) is 51.4 Å². The molecule has 1 aliphatic rings. The highest BCUT2D eigenvalue weighted by atomic mass is 16.6. The van der Waals surface area contributed by atoms with Crippen LogP contribution in [-0.2, 0) is 33.3 Å². The average molecular weight is 260 g/mol. The van der Waals surface area contributed by atoms with Crippen LogP contribution in [0.2, 0.25) is 0 Å². The molecule has 1 fully saturated rings. The molecule has 1 heterocycles. The predicted octanol–water partition coefficient (Wildman–Crippen LogP) is -0.329. The van der Waals surface area contributed by atoms with Crippen LogP contribution in [0.5, 0.6) is 0 Å². The van der Waals surface area contributed by atoms with Crippen molar-refractivity contribution in [3.8, 4) is 0 Å². The number of ether oxygens (including phenoxy) is 4. The maximum absolute atomic E-state index is 11.9. The van der Waals surface area contributed by atoms with Crippen LogP contribution in [0.4, 0.5) is 0 Å². The van der Waals surface area contributed by atoms with E-state index in [2.05, 4.69) is 14.2 Å². The number of hydrogen-bond acceptors (Lipinski definition) is 7. The summed E-state index contributed by atoms with van der Waals surface area (Å²) in [7, 11) is 3.56. The quantitative estimate of drug-likeness (QED) is 0.505. The van der Waals surface area contributed by atoms with E-state index in [4.69, 9.17) is 4.74 Å². The van der Waals surface area contributed by atoms with Crippen LogP contribution in [0.3, 0.4) is 0 Å². The van der Waals surface area contributed by atoms with Gasteiger partial charge in [-0.1, -0.05) is 0 Å². The fourth-order valence-electron chi connectivity index (χ4n) is 2.05. The smallest absolute Gasteiger partial charge is 0.339 e. The Morgan fingerprint density at radius 2 is 1.83 bits per heavy atom. The lowest BCUT2D eigenvalue weighted by Gasteiger charge is -2.28. The second-order valence-electron chi connectivity index (χ2n) is 3.85. The monoisotopic (exact) mass is 260 g/mol. The molecule has 0 amide bonds. The van der Waals surface area contributed by atoms with E-state index in [1.165, 1.54) is 14.2 Å². The second kappa shape index (κ2) is 5.81. The van der Waals surface area contributed by atoms with E-state index in [0.29, 0.717) is 6.42 Å². The van der Waals surface area contributed by atoms with Crippen molar-refractivity contribution in [1.29, 1.82) is 0 Å². The van der Waals surface area contributed by atoms with Crippen molar-refractivity contribution in [2.24, 2.45) is 5.92 Å². The zero-order valence-corrected chi connectivity index (χ0v) is 10.6. The number of esters is 3. The minimum absolute atomic E-state index is 0.172. The van der Waals surface area contributed by atoms with E-state index in [0.717, 1.165) is 7.11 Å². The van der Waals surface area contributed by atoms with E-state index in [1.807, 2.05) is 0 Å². The molecule has 0 N–H and O–H groups in total. The van der Waals surface area contributed by atoms with Crippen molar-refractivity contribution in [1.82, 2.24) is 0 Å². The standard InChI is InChI=1S/C11H16O7/c1-15-8(12)6-11(10(14)17-3)7(4-5-18-11)9(13)16-2/h7H,4-6H2,1-3H3/t7-,11+/m0/s1. The SMILES string of the molecule is COC(=O)C[C@@]1(C(=O)OC)OCC[C@H]1C(=O)OC. The van der Waals surface area contributed by atoms with Gasteiger partial charge in [0.05, 0.1) is 33.7 Å². The molecule has 7 nitrogen and oxygen atoms in total. The van der Waals surface area contributed by atoms with E-state index >= 15 is 0 Å². The summed E-state index contributed by atoms with van der Waals surface area (Å²) >= 11 is 0. The van der Waals surface area contributed by atoms with Crippen LogP contribution in [0.25, 0.3) is 0 Å². The fraction of sp³-hybridized carbons (Fsp3) is 0.727. The zero-order valence-electron chi connectivity index (χ0n) is 10.6. The molecule has 0 aromatic carbocycles. The van der Waals surface area contributed by atoms with E-state index in [-0.39, 0.29) is 13.0 Å². The molecule has 0 aromatic heterocycles. The molecule has 0 bridgehead atoms. The van der Waals surface area contributed by atoms with Crippen molar-refractivity contribution in [2.75, 3.05) is 27.9 Å². The summed E-state index contributed by atoms with van der Waals surface area (Å²) in [4.78, 5) is 34.9. The summed E-state index contributed by atoms with van der Waals surface area (Å²) in [5, 5.41) is 0. The molecule has 0 aliphatic carbocycles. The number of hydrogen-bond donors (Lipinski definition) is 0. The van der Waals surface area contributed by atoms with Gasteiger partial charge in [-0.25, -0.2) is 4.79 Å². The molecule has 0 aromatic rings. The molecular formula is C11H16O7. The Balaban J connectivity index is 3.06. The zero-order chi connectivity index (χ0) is 13.8. The van der Waals surface area contributed by atoms with Crippen LogP contribution in [0, 0.1) is 5.92 Å². The summed E-state index contributed by atoms with van der Waals surface area (Å²) in [5.41, 5.74) is -1.64. The summed E-state index contributed by atoms with van der Waals surface area (Å²) in [6, 6.07) is 0. The maximum atomic E-state index is 11.9. The Hall–Kier alpha value is -1.63. The van der Waals surface area contributed by atoms with Crippen LogP contribution in [0.15, 0.2) is 0 Å².